The summed E-state index contributed by atoms with van der Waals surface area (Å²) in [5.41, 5.74) is 0.967. The van der Waals surface area contributed by atoms with Crippen molar-refractivity contribution < 1.29 is 24.1 Å². The fourth-order valence-electron chi connectivity index (χ4n) is 4.52. The molecule has 0 unspecified atom stereocenters. The normalized spacial score (nSPS) is 13.9. The van der Waals surface area contributed by atoms with Gasteiger partial charge >= 0.3 is 0 Å². The smallest absolute Gasteiger partial charge is 0.261 e. The van der Waals surface area contributed by atoms with Crippen LogP contribution in [0.2, 0.25) is 5.04 Å². The molecule has 0 amide bonds. The lowest BCUT2D eigenvalue weighted by molar-refractivity contribution is -0.0725. The van der Waals surface area contributed by atoms with Gasteiger partial charge in [-0.15, -0.1) is 0 Å². The second-order valence-electron chi connectivity index (χ2n) is 9.75. The molecule has 35 heavy (non-hydrogen) atoms. The molecule has 0 aliphatic carbocycles. The molecule has 188 valence electrons. The van der Waals surface area contributed by atoms with Gasteiger partial charge in [0.15, 0.2) is 0 Å². The molecule has 0 saturated heterocycles. The van der Waals surface area contributed by atoms with Crippen molar-refractivity contribution in [1.29, 1.82) is 0 Å². The van der Waals surface area contributed by atoms with Gasteiger partial charge in [-0.25, -0.2) is 0 Å². The molecule has 0 radical (unpaired) electrons. The van der Waals surface area contributed by atoms with Gasteiger partial charge < -0.3 is 24.1 Å². The fourth-order valence-corrected chi connectivity index (χ4v) is 9.10. The minimum atomic E-state index is -2.67. The van der Waals surface area contributed by atoms with Crippen LogP contribution in [0.1, 0.15) is 32.8 Å². The molecule has 0 aliphatic rings. The maximum Gasteiger partial charge on any atom is 0.261 e. The van der Waals surface area contributed by atoms with Crippen LogP contribution >= 0.6 is 0 Å². The van der Waals surface area contributed by atoms with Gasteiger partial charge in [0, 0.05) is 6.61 Å². The summed E-state index contributed by atoms with van der Waals surface area (Å²) in [6, 6.07) is 28.5. The highest BCUT2D eigenvalue weighted by molar-refractivity contribution is 6.99. The average Bonchev–Trinajstić information content (AvgIpc) is 2.88. The van der Waals surface area contributed by atoms with Crippen molar-refractivity contribution in [3.63, 3.8) is 0 Å². The van der Waals surface area contributed by atoms with Crippen molar-refractivity contribution in [2.45, 2.75) is 51.0 Å². The summed E-state index contributed by atoms with van der Waals surface area (Å²) in [5, 5.41) is 22.4. The Morgan fingerprint density at radius 3 is 1.83 bits per heavy atom. The highest BCUT2D eigenvalue weighted by Crippen LogP contribution is 2.37. The molecule has 5 nitrogen and oxygen atoms in total. The van der Waals surface area contributed by atoms with E-state index >= 15 is 0 Å². The number of hydrogen-bond acceptors (Lipinski definition) is 5. The van der Waals surface area contributed by atoms with Crippen LogP contribution in [0.3, 0.4) is 0 Å². The highest BCUT2D eigenvalue weighted by Gasteiger charge is 2.50. The van der Waals surface area contributed by atoms with Crippen LogP contribution in [0.25, 0.3) is 0 Å². The number of methoxy groups -OCH3 is 1. The van der Waals surface area contributed by atoms with Crippen LogP contribution in [-0.2, 0) is 15.8 Å². The summed E-state index contributed by atoms with van der Waals surface area (Å²) in [4.78, 5) is 0. The summed E-state index contributed by atoms with van der Waals surface area (Å²) < 4.78 is 18.2. The summed E-state index contributed by atoms with van der Waals surface area (Å²) in [6.07, 6.45) is -1.08. The zero-order chi connectivity index (χ0) is 25.3. The summed E-state index contributed by atoms with van der Waals surface area (Å²) in [5.74, 6) is 0.777. The molecule has 0 bridgehead atoms. The molecule has 2 atom stereocenters. The van der Waals surface area contributed by atoms with E-state index in [0.29, 0.717) is 19.6 Å². The SMILES string of the molecule is COc1ccc(CO[C@@H](CCO[Si](c2ccccc2)(c2ccccc2)C(C)(C)C)[C@H](O)CO)cc1. The number of aliphatic hydroxyl groups is 2. The van der Waals surface area contributed by atoms with Crippen molar-refractivity contribution in [3.05, 3.63) is 90.5 Å². The van der Waals surface area contributed by atoms with Crippen molar-refractivity contribution in [3.8, 4) is 5.75 Å². The van der Waals surface area contributed by atoms with Crippen LogP contribution in [0.4, 0.5) is 0 Å². The summed E-state index contributed by atoms with van der Waals surface area (Å²) in [6.45, 7) is 7.06. The predicted octanol–water partition coefficient (Wildman–Crippen LogP) is 3.90. The first-order chi connectivity index (χ1) is 16.8. The molecule has 2 N–H and O–H groups in total. The zero-order valence-electron chi connectivity index (χ0n) is 21.2. The molecule has 3 aromatic carbocycles. The van der Waals surface area contributed by atoms with Gasteiger partial charge in [-0.3, -0.25) is 0 Å². The third-order valence-electron chi connectivity index (χ3n) is 6.38. The van der Waals surface area contributed by atoms with E-state index in [1.165, 1.54) is 10.4 Å². The van der Waals surface area contributed by atoms with E-state index in [9.17, 15) is 10.2 Å². The van der Waals surface area contributed by atoms with E-state index in [0.717, 1.165) is 11.3 Å². The Labute approximate surface area is 210 Å². The molecule has 3 rings (SSSR count). The standard InChI is InChI=1S/C29H38O5Si/c1-29(2,3)35(25-11-7-5-8-12-25,26-13-9-6-10-14-26)34-20-19-28(27(31)21-30)33-22-23-15-17-24(32-4)18-16-23/h5-18,27-28,30-31H,19-22H2,1-4H3/t27-,28+/m1/s1. The van der Waals surface area contributed by atoms with Gasteiger partial charge in [0.1, 0.15) is 11.9 Å². The van der Waals surface area contributed by atoms with E-state index in [1.807, 2.05) is 36.4 Å². The Morgan fingerprint density at radius 1 is 0.829 bits per heavy atom. The predicted molar refractivity (Wildman–Crippen MR) is 143 cm³/mol. The first kappa shape index (κ1) is 27.1. The van der Waals surface area contributed by atoms with E-state index in [-0.39, 0.29) is 11.6 Å². The quantitative estimate of drug-likeness (QED) is 0.374. The van der Waals surface area contributed by atoms with Gasteiger partial charge in [0.05, 0.1) is 26.4 Å². The first-order valence-corrected chi connectivity index (χ1v) is 14.0. The van der Waals surface area contributed by atoms with Crippen LogP contribution in [-0.4, -0.2) is 51.1 Å². The van der Waals surface area contributed by atoms with Crippen molar-refractivity contribution in [1.82, 2.24) is 0 Å². The molecular formula is C29H38O5Si. The third kappa shape index (κ3) is 6.60. The lowest BCUT2D eigenvalue weighted by atomic mass is 10.1. The topological polar surface area (TPSA) is 68.2 Å². The Hall–Kier alpha value is -2.48. The minimum absolute atomic E-state index is 0.134. The van der Waals surface area contributed by atoms with Crippen molar-refractivity contribution in [2.75, 3.05) is 20.3 Å². The number of hydrogen-bond donors (Lipinski definition) is 2. The molecular weight excluding hydrogens is 456 g/mol. The summed E-state index contributed by atoms with van der Waals surface area (Å²) in [7, 11) is -1.04. The van der Waals surface area contributed by atoms with E-state index in [4.69, 9.17) is 13.9 Å². The Balaban J connectivity index is 1.80. The molecule has 0 fully saturated rings. The molecule has 3 aromatic rings. The van der Waals surface area contributed by atoms with E-state index < -0.39 is 20.5 Å². The van der Waals surface area contributed by atoms with Crippen molar-refractivity contribution >= 4 is 18.7 Å². The van der Waals surface area contributed by atoms with Crippen LogP contribution in [0, 0.1) is 0 Å². The van der Waals surface area contributed by atoms with Crippen LogP contribution < -0.4 is 15.1 Å². The number of benzene rings is 3. The molecule has 0 aliphatic heterocycles. The van der Waals surface area contributed by atoms with Crippen molar-refractivity contribution in [2.24, 2.45) is 0 Å². The Kier molecular flexibility index (Phi) is 9.66. The second kappa shape index (κ2) is 12.5. The lowest BCUT2D eigenvalue weighted by Gasteiger charge is -2.43. The minimum Gasteiger partial charge on any atom is -0.497 e. The Bertz CT molecular complexity index is 963. The van der Waals surface area contributed by atoms with Gasteiger partial charge in [-0.05, 0) is 39.5 Å². The third-order valence-corrected chi connectivity index (χ3v) is 11.4. The summed E-state index contributed by atoms with van der Waals surface area (Å²) >= 11 is 0. The van der Waals surface area contributed by atoms with E-state index in [1.54, 1.807) is 7.11 Å². The average molecular weight is 495 g/mol. The maximum absolute atomic E-state index is 10.5. The Morgan fingerprint density at radius 2 is 1.37 bits per heavy atom. The van der Waals surface area contributed by atoms with Gasteiger partial charge in [-0.2, -0.15) is 0 Å². The molecule has 0 aromatic heterocycles. The number of ether oxygens (including phenoxy) is 2. The fraction of sp³-hybridized carbons (Fsp3) is 0.379. The largest absolute Gasteiger partial charge is 0.497 e. The monoisotopic (exact) mass is 494 g/mol. The molecule has 0 heterocycles. The second-order valence-corrected chi connectivity index (χ2v) is 14.1. The molecule has 6 heteroatoms. The zero-order valence-corrected chi connectivity index (χ0v) is 22.2. The van der Waals surface area contributed by atoms with E-state index in [2.05, 4.69) is 69.3 Å². The molecule has 0 saturated carbocycles. The maximum atomic E-state index is 10.5. The lowest BCUT2D eigenvalue weighted by Crippen LogP contribution is -2.66. The van der Waals surface area contributed by atoms with Crippen LogP contribution in [0.15, 0.2) is 84.9 Å². The van der Waals surface area contributed by atoms with Gasteiger partial charge in [0.2, 0.25) is 0 Å². The molecule has 0 spiro atoms. The van der Waals surface area contributed by atoms with Crippen LogP contribution in [0.5, 0.6) is 5.75 Å². The van der Waals surface area contributed by atoms with Gasteiger partial charge in [-0.1, -0.05) is 93.6 Å². The van der Waals surface area contributed by atoms with Gasteiger partial charge in [0.25, 0.3) is 8.32 Å². The number of aliphatic hydroxyl groups excluding tert-OH is 2. The highest BCUT2D eigenvalue weighted by atomic mass is 28.4. The number of rotatable bonds is 12. The first-order valence-electron chi connectivity index (χ1n) is 12.1.